The van der Waals surface area contributed by atoms with E-state index in [2.05, 4.69) is 10.3 Å². The third-order valence-electron chi connectivity index (χ3n) is 1.07. The first-order chi connectivity index (χ1) is 6.31. The summed E-state index contributed by atoms with van der Waals surface area (Å²) >= 11 is 0. The molecule has 0 aromatic carbocycles. The Balaban J connectivity index is 0. The first-order valence-electron chi connectivity index (χ1n) is 4.33. The molecule has 15 heavy (non-hydrogen) atoms. The van der Waals surface area contributed by atoms with Crippen molar-refractivity contribution in [1.29, 1.82) is 0 Å². The number of carbonyl (C=O) groups excluding carboxylic acids is 1. The molecule has 0 atom stereocenters. The number of guanidine groups is 1. The number of amides is 1. The minimum atomic E-state index is -0.486. The molecule has 0 aliphatic rings. The van der Waals surface area contributed by atoms with Crippen LogP contribution in [0.1, 0.15) is 20.8 Å². The highest BCUT2D eigenvalue weighted by molar-refractivity contribution is 14.0. The molecule has 0 fully saturated rings. The van der Waals surface area contributed by atoms with E-state index in [9.17, 15) is 4.79 Å². The van der Waals surface area contributed by atoms with Gasteiger partial charge in [0.05, 0.1) is 6.54 Å². The molecule has 0 saturated carbocycles. The van der Waals surface area contributed by atoms with Crippen LogP contribution in [0.15, 0.2) is 4.99 Å². The summed E-state index contributed by atoms with van der Waals surface area (Å²) in [5.41, 5.74) is 9.70. The summed E-state index contributed by atoms with van der Waals surface area (Å²) in [6, 6.07) is 0. The van der Waals surface area contributed by atoms with Gasteiger partial charge in [0.15, 0.2) is 5.96 Å². The van der Waals surface area contributed by atoms with Gasteiger partial charge in [0.25, 0.3) is 0 Å². The highest BCUT2D eigenvalue weighted by Gasteiger charge is 2.15. The quantitative estimate of drug-likeness (QED) is 0.302. The SMILES string of the molecule is CC(C)(C)OC(=O)NCCN=C(N)N.I. The smallest absolute Gasteiger partial charge is 0.407 e. The second-order valence-electron chi connectivity index (χ2n) is 3.74. The molecule has 5 N–H and O–H groups in total. The van der Waals surface area contributed by atoms with Crippen molar-refractivity contribution < 1.29 is 9.53 Å². The first-order valence-corrected chi connectivity index (χ1v) is 4.33. The van der Waals surface area contributed by atoms with Gasteiger partial charge in [0, 0.05) is 6.54 Å². The molecule has 0 unspecified atom stereocenters. The Bertz CT molecular complexity index is 221. The highest BCUT2D eigenvalue weighted by atomic mass is 127. The largest absolute Gasteiger partial charge is 0.444 e. The molecule has 0 saturated heterocycles. The summed E-state index contributed by atoms with van der Waals surface area (Å²) in [6.45, 7) is 6.09. The maximum absolute atomic E-state index is 11.1. The number of hydrogen-bond acceptors (Lipinski definition) is 3. The van der Waals surface area contributed by atoms with Gasteiger partial charge in [0.1, 0.15) is 5.60 Å². The van der Waals surface area contributed by atoms with Gasteiger partial charge >= 0.3 is 6.09 Å². The molecule has 0 aliphatic heterocycles. The average molecular weight is 330 g/mol. The van der Waals surface area contributed by atoms with Crippen molar-refractivity contribution in [2.45, 2.75) is 26.4 Å². The van der Waals surface area contributed by atoms with Crippen molar-refractivity contribution in [3.05, 3.63) is 0 Å². The van der Waals surface area contributed by atoms with Gasteiger partial charge in [-0.2, -0.15) is 0 Å². The van der Waals surface area contributed by atoms with E-state index < -0.39 is 11.7 Å². The van der Waals surface area contributed by atoms with E-state index in [1.165, 1.54) is 0 Å². The molecule has 7 heteroatoms. The Morgan fingerprint density at radius 3 is 2.33 bits per heavy atom. The maximum Gasteiger partial charge on any atom is 0.407 e. The van der Waals surface area contributed by atoms with Crippen molar-refractivity contribution >= 4 is 36.0 Å². The minimum absolute atomic E-state index is 0. The Hall–Kier alpha value is -0.730. The number of carbonyl (C=O) groups is 1. The zero-order chi connectivity index (χ0) is 11.2. The number of ether oxygens (including phenoxy) is 1. The summed E-state index contributed by atoms with van der Waals surface area (Å²) in [5.74, 6) is 0.0102. The van der Waals surface area contributed by atoms with Gasteiger partial charge in [-0.1, -0.05) is 0 Å². The van der Waals surface area contributed by atoms with E-state index >= 15 is 0 Å². The van der Waals surface area contributed by atoms with E-state index in [0.717, 1.165) is 0 Å². The normalized spacial score (nSPS) is 9.80. The average Bonchev–Trinajstić information content (AvgIpc) is 1.94. The number of nitrogens with two attached hydrogens (primary N) is 2. The number of aliphatic imine (C=N–C) groups is 1. The number of nitrogens with one attached hydrogen (secondary N) is 1. The van der Waals surface area contributed by atoms with Crippen LogP contribution in [0.4, 0.5) is 4.79 Å². The van der Waals surface area contributed by atoms with Gasteiger partial charge in [-0.25, -0.2) is 4.79 Å². The molecule has 90 valence electrons. The molecule has 1 amide bonds. The van der Waals surface area contributed by atoms with Crippen LogP contribution in [0, 0.1) is 0 Å². The zero-order valence-corrected chi connectivity index (χ0v) is 11.6. The summed E-state index contributed by atoms with van der Waals surface area (Å²) in [4.78, 5) is 14.8. The van der Waals surface area contributed by atoms with Crippen molar-refractivity contribution in [3.8, 4) is 0 Å². The van der Waals surface area contributed by atoms with Crippen LogP contribution >= 0.6 is 24.0 Å². The van der Waals surface area contributed by atoms with Crippen molar-refractivity contribution in [3.63, 3.8) is 0 Å². The van der Waals surface area contributed by atoms with Gasteiger partial charge in [-0.05, 0) is 20.8 Å². The molecular weight excluding hydrogens is 311 g/mol. The van der Waals surface area contributed by atoms with E-state index in [0.29, 0.717) is 13.1 Å². The summed E-state index contributed by atoms with van der Waals surface area (Å²) in [5, 5.41) is 2.52. The van der Waals surface area contributed by atoms with Gasteiger partial charge in [0.2, 0.25) is 0 Å². The standard InChI is InChI=1S/C8H18N4O2.HI/c1-8(2,3)14-7(13)12-5-4-11-6(9)10;/h4-5H2,1-3H3,(H,12,13)(H4,9,10,11);1H. The number of nitrogens with zero attached hydrogens (tertiary/aromatic N) is 1. The van der Waals surface area contributed by atoms with E-state index in [1.54, 1.807) is 20.8 Å². The third kappa shape index (κ3) is 13.3. The molecule has 6 nitrogen and oxygen atoms in total. The second-order valence-corrected chi connectivity index (χ2v) is 3.74. The van der Waals surface area contributed by atoms with Crippen LogP contribution in [0.25, 0.3) is 0 Å². The van der Waals surface area contributed by atoms with Crippen LogP contribution < -0.4 is 16.8 Å². The van der Waals surface area contributed by atoms with Gasteiger partial charge < -0.3 is 21.5 Å². The Morgan fingerprint density at radius 2 is 1.93 bits per heavy atom. The lowest BCUT2D eigenvalue weighted by atomic mass is 10.2. The van der Waals surface area contributed by atoms with E-state index in [4.69, 9.17) is 16.2 Å². The molecule has 0 radical (unpaired) electrons. The minimum Gasteiger partial charge on any atom is -0.444 e. The number of halogens is 1. The Morgan fingerprint density at radius 1 is 1.40 bits per heavy atom. The van der Waals surface area contributed by atoms with Crippen LogP contribution in [-0.4, -0.2) is 30.7 Å². The second kappa shape index (κ2) is 7.55. The summed E-state index contributed by atoms with van der Waals surface area (Å²) in [6.07, 6.45) is -0.469. The Labute approximate surface area is 107 Å². The number of alkyl carbamates (subject to hydrolysis) is 1. The van der Waals surface area contributed by atoms with Crippen molar-refractivity contribution in [2.24, 2.45) is 16.5 Å². The van der Waals surface area contributed by atoms with Crippen LogP contribution in [-0.2, 0) is 4.74 Å². The predicted octanol–water partition coefficient (Wildman–Crippen LogP) is 0.403. The van der Waals surface area contributed by atoms with Crippen LogP contribution in [0.5, 0.6) is 0 Å². The van der Waals surface area contributed by atoms with Crippen LogP contribution in [0.2, 0.25) is 0 Å². The third-order valence-corrected chi connectivity index (χ3v) is 1.07. The lowest BCUT2D eigenvalue weighted by Gasteiger charge is -2.19. The fourth-order valence-corrected chi connectivity index (χ4v) is 0.657. The van der Waals surface area contributed by atoms with Gasteiger partial charge in [-0.15, -0.1) is 24.0 Å². The molecule has 0 aliphatic carbocycles. The molecule has 0 aromatic heterocycles. The summed E-state index contributed by atoms with van der Waals surface area (Å²) in [7, 11) is 0. The molecule has 0 aromatic rings. The molecule has 0 rings (SSSR count). The fourth-order valence-electron chi connectivity index (χ4n) is 0.657. The highest BCUT2D eigenvalue weighted by Crippen LogP contribution is 2.05. The van der Waals surface area contributed by atoms with Crippen molar-refractivity contribution in [1.82, 2.24) is 5.32 Å². The molecular formula is C8H19IN4O2. The topological polar surface area (TPSA) is 103 Å². The van der Waals surface area contributed by atoms with E-state index in [-0.39, 0.29) is 29.9 Å². The maximum atomic E-state index is 11.1. The van der Waals surface area contributed by atoms with Crippen molar-refractivity contribution in [2.75, 3.05) is 13.1 Å². The lowest BCUT2D eigenvalue weighted by molar-refractivity contribution is 0.0529. The molecule has 0 spiro atoms. The monoisotopic (exact) mass is 330 g/mol. The fraction of sp³-hybridized carbons (Fsp3) is 0.750. The van der Waals surface area contributed by atoms with Crippen LogP contribution in [0.3, 0.4) is 0 Å². The predicted molar refractivity (Wildman–Crippen MR) is 70.3 cm³/mol. The Kier molecular flexibility index (Phi) is 8.40. The van der Waals surface area contributed by atoms with Gasteiger partial charge in [-0.3, -0.25) is 4.99 Å². The first kappa shape index (κ1) is 16.7. The zero-order valence-electron chi connectivity index (χ0n) is 9.24. The summed E-state index contributed by atoms with van der Waals surface area (Å²) < 4.78 is 4.98. The molecule has 0 bridgehead atoms. The number of rotatable bonds is 3. The van der Waals surface area contributed by atoms with E-state index in [1.807, 2.05) is 0 Å². The number of hydrogen-bond donors (Lipinski definition) is 3. The lowest BCUT2D eigenvalue weighted by Crippen LogP contribution is -2.34. The molecule has 0 heterocycles.